The average molecular weight is 363 g/mol. The van der Waals surface area contributed by atoms with Crippen molar-refractivity contribution in [3.8, 4) is 0 Å². The van der Waals surface area contributed by atoms with E-state index >= 15 is 0 Å². The molecule has 1 aliphatic rings. The van der Waals surface area contributed by atoms with Crippen molar-refractivity contribution in [2.75, 3.05) is 26.2 Å². The van der Waals surface area contributed by atoms with E-state index in [0.29, 0.717) is 26.2 Å². The van der Waals surface area contributed by atoms with Crippen LogP contribution in [0.1, 0.15) is 16.2 Å². The van der Waals surface area contributed by atoms with E-state index in [9.17, 15) is 13.2 Å². The molecule has 25 heavy (non-hydrogen) atoms. The van der Waals surface area contributed by atoms with Crippen LogP contribution in [0.3, 0.4) is 0 Å². The predicted molar refractivity (Wildman–Crippen MR) is 93.4 cm³/mol. The zero-order valence-electron chi connectivity index (χ0n) is 13.7. The van der Waals surface area contributed by atoms with Crippen molar-refractivity contribution in [2.45, 2.75) is 12.5 Å². The third kappa shape index (κ3) is 4.51. The zero-order valence-corrected chi connectivity index (χ0v) is 14.5. The SMILES string of the molecule is O=C(c1ncc[nH]1)[C@H](Cc1ccccc1)NS(=O)(=O)N1CCNCC1. The average Bonchev–Trinajstić information content (AvgIpc) is 3.17. The van der Waals surface area contributed by atoms with Crippen molar-refractivity contribution in [1.29, 1.82) is 0 Å². The first-order chi connectivity index (χ1) is 12.1. The molecule has 9 heteroatoms. The van der Waals surface area contributed by atoms with Gasteiger partial charge in [-0.05, 0) is 12.0 Å². The number of Topliss-reactive ketones (excluding diaryl/α,β-unsaturated/α-hetero) is 1. The van der Waals surface area contributed by atoms with Crippen LogP contribution in [0.15, 0.2) is 42.7 Å². The van der Waals surface area contributed by atoms with E-state index in [1.165, 1.54) is 16.7 Å². The van der Waals surface area contributed by atoms with Gasteiger partial charge in [-0.25, -0.2) is 4.98 Å². The molecule has 2 aromatic rings. The third-order valence-electron chi connectivity index (χ3n) is 4.04. The van der Waals surface area contributed by atoms with Crippen LogP contribution in [0.5, 0.6) is 0 Å². The van der Waals surface area contributed by atoms with Crippen LogP contribution in [0, 0.1) is 0 Å². The van der Waals surface area contributed by atoms with Gasteiger partial charge in [0.2, 0.25) is 5.78 Å². The summed E-state index contributed by atoms with van der Waals surface area (Å²) in [5, 5.41) is 3.11. The number of nitrogens with zero attached hydrogens (tertiary/aromatic N) is 2. The Labute approximate surface area is 146 Å². The Hall–Kier alpha value is -2.07. The monoisotopic (exact) mass is 363 g/mol. The minimum Gasteiger partial charge on any atom is -0.342 e. The molecule has 0 spiro atoms. The van der Waals surface area contributed by atoms with Crippen LogP contribution >= 0.6 is 0 Å². The van der Waals surface area contributed by atoms with Gasteiger partial charge in [-0.2, -0.15) is 17.4 Å². The van der Waals surface area contributed by atoms with E-state index in [-0.39, 0.29) is 18.0 Å². The van der Waals surface area contributed by atoms with Gasteiger partial charge in [0, 0.05) is 38.6 Å². The molecule has 1 fully saturated rings. The van der Waals surface area contributed by atoms with Crippen LogP contribution in [0.2, 0.25) is 0 Å². The highest BCUT2D eigenvalue weighted by Crippen LogP contribution is 2.10. The first-order valence-corrected chi connectivity index (χ1v) is 9.56. The summed E-state index contributed by atoms with van der Waals surface area (Å²) >= 11 is 0. The summed E-state index contributed by atoms with van der Waals surface area (Å²) < 4.78 is 29.2. The second-order valence-corrected chi connectivity index (χ2v) is 7.52. The number of benzene rings is 1. The van der Waals surface area contributed by atoms with Gasteiger partial charge in [-0.15, -0.1) is 0 Å². The molecule has 0 radical (unpaired) electrons. The van der Waals surface area contributed by atoms with Crippen LogP contribution in [-0.4, -0.2) is 60.7 Å². The van der Waals surface area contributed by atoms with E-state index in [2.05, 4.69) is 20.0 Å². The number of H-pyrrole nitrogens is 1. The van der Waals surface area contributed by atoms with Crippen molar-refractivity contribution < 1.29 is 13.2 Å². The molecule has 0 bridgehead atoms. The second kappa shape index (κ2) is 7.87. The molecule has 3 N–H and O–H groups in total. The molecular weight excluding hydrogens is 342 g/mol. The summed E-state index contributed by atoms with van der Waals surface area (Å²) in [4.78, 5) is 19.4. The lowest BCUT2D eigenvalue weighted by Gasteiger charge is -2.28. The number of rotatable bonds is 7. The summed E-state index contributed by atoms with van der Waals surface area (Å²) in [5.74, 6) is -0.239. The molecule has 0 saturated carbocycles. The number of piperazine rings is 1. The quantitative estimate of drug-likeness (QED) is 0.598. The third-order valence-corrected chi connectivity index (χ3v) is 5.67. The minimum absolute atomic E-state index is 0.143. The van der Waals surface area contributed by atoms with Crippen LogP contribution < -0.4 is 10.0 Å². The second-order valence-electron chi connectivity index (χ2n) is 5.82. The Morgan fingerprint density at radius 3 is 2.60 bits per heavy atom. The van der Waals surface area contributed by atoms with Gasteiger partial charge in [-0.3, -0.25) is 4.79 Å². The maximum atomic E-state index is 12.7. The highest BCUT2D eigenvalue weighted by Gasteiger charge is 2.31. The van der Waals surface area contributed by atoms with Crippen molar-refractivity contribution in [3.05, 3.63) is 54.1 Å². The number of ketones is 1. The first kappa shape index (κ1) is 17.7. The smallest absolute Gasteiger partial charge is 0.280 e. The number of hydrogen-bond donors (Lipinski definition) is 3. The molecule has 1 aliphatic heterocycles. The molecule has 1 saturated heterocycles. The van der Waals surface area contributed by atoms with Crippen LogP contribution in [-0.2, 0) is 16.6 Å². The zero-order chi connectivity index (χ0) is 17.7. The van der Waals surface area contributed by atoms with E-state index in [4.69, 9.17) is 0 Å². The van der Waals surface area contributed by atoms with Gasteiger partial charge >= 0.3 is 0 Å². The van der Waals surface area contributed by atoms with Crippen molar-refractivity contribution in [1.82, 2.24) is 24.3 Å². The Morgan fingerprint density at radius 2 is 1.96 bits per heavy atom. The van der Waals surface area contributed by atoms with E-state index < -0.39 is 16.3 Å². The standard InChI is InChI=1S/C16H21N5O3S/c22-15(16-18-6-7-19-16)14(12-13-4-2-1-3-5-13)20-25(23,24)21-10-8-17-9-11-21/h1-7,14,17,20H,8-12H2,(H,18,19)/t14-/m0/s1. The molecule has 1 atom stereocenters. The topological polar surface area (TPSA) is 107 Å². The summed E-state index contributed by atoms with van der Waals surface area (Å²) in [6, 6.07) is 8.39. The predicted octanol–water partition coefficient (Wildman–Crippen LogP) is -0.0567. The van der Waals surface area contributed by atoms with Gasteiger partial charge in [0.25, 0.3) is 10.2 Å². The maximum Gasteiger partial charge on any atom is 0.280 e. The van der Waals surface area contributed by atoms with Gasteiger partial charge in [0.1, 0.15) is 0 Å². The summed E-state index contributed by atoms with van der Waals surface area (Å²) in [7, 11) is -3.76. The van der Waals surface area contributed by atoms with Crippen LogP contribution in [0.4, 0.5) is 0 Å². The molecular formula is C16H21N5O3S. The molecule has 0 amide bonds. The number of aromatic amines is 1. The molecule has 0 unspecified atom stereocenters. The van der Waals surface area contributed by atoms with Crippen molar-refractivity contribution in [3.63, 3.8) is 0 Å². The summed E-state index contributed by atoms with van der Waals surface area (Å²) in [6.45, 7) is 1.94. The molecule has 1 aromatic carbocycles. The van der Waals surface area contributed by atoms with E-state index in [0.717, 1.165) is 5.56 Å². The molecule has 134 valence electrons. The Bertz CT molecular complexity index is 786. The molecule has 2 heterocycles. The van der Waals surface area contributed by atoms with Gasteiger partial charge in [0.05, 0.1) is 6.04 Å². The van der Waals surface area contributed by atoms with Crippen molar-refractivity contribution in [2.24, 2.45) is 0 Å². The fraction of sp³-hybridized carbons (Fsp3) is 0.375. The number of aromatic nitrogens is 2. The van der Waals surface area contributed by atoms with Gasteiger partial charge in [0.15, 0.2) is 5.82 Å². The number of nitrogens with one attached hydrogen (secondary N) is 3. The Morgan fingerprint density at radius 1 is 1.24 bits per heavy atom. The number of carbonyl (C=O) groups is 1. The Balaban J connectivity index is 1.81. The number of carbonyl (C=O) groups excluding carboxylic acids is 1. The van der Waals surface area contributed by atoms with Crippen molar-refractivity contribution >= 4 is 16.0 Å². The molecule has 1 aromatic heterocycles. The minimum atomic E-state index is -3.76. The molecule has 0 aliphatic carbocycles. The largest absolute Gasteiger partial charge is 0.342 e. The van der Waals surface area contributed by atoms with E-state index in [1.54, 1.807) is 0 Å². The normalized spacial score (nSPS) is 17.3. The van der Waals surface area contributed by atoms with E-state index in [1.807, 2.05) is 30.3 Å². The number of hydrogen-bond acceptors (Lipinski definition) is 5. The lowest BCUT2D eigenvalue weighted by Crippen LogP contribution is -2.54. The van der Waals surface area contributed by atoms with Crippen LogP contribution in [0.25, 0.3) is 0 Å². The lowest BCUT2D eigenvalue weighted by atomic mass is 10.0. The molecule has 8 nitrogen and oxygen atoms in total. The first-order valence-electron chi connectivity index (χ1n) is 8.12. The molecule has 3 rings (SSSR count). The summed E-state index contributed by atoms with van der Waals surface area (Å²) in [5.41, 5.74) is 0.871. The highest BCUT2D eigenvalue weighted by atomic mass is 32.2. The maximum absolute atomic E-state index is 12.7. The highest BCUT2D eigenvalue weighted by molar-refractivity contribution is 7.87. The van der Waals surface area contributed by atoms with Gasteiger partial charge < -0.3 is 10.3 Å². The summed E-state index contributed by atoms with van der Waals surface area (Å²) in [6.07, 6.45) is 3.26. The fourth-order valence-electron chi connectivity index (χ4n) is 2.74. The Kier molecular flexibility index (Phi) is 5.59. The fourth-order valence-corrected chi connectivity index (χ4v) is 4.10. The van der Waals surface area contributed by atoms with Gasteiger partial charge in [-0.1, -0.05) is 30.3 Å². The lowest BCUT2D eigenvalue weighted by molar-refractivity contribution is 0.0942. The number of imidazole rings is 1.